The number of pyridine rings is 1. The lowest BCUT2D eigenvalue weighted by Gasteiger charge is -2.09. The quantitative estimate of drug-likeness (QED) is 0.861. The van der Waals surface area contributed by atoms with E-state index >= 15 is 0 Å². The van der Waals surface area contributed by atoms with Gasteiger partial charge in [0.15, 0.2) is 0 Å². The van der Waals surface area contributed by atoms with Crippen molar-refractivity contribution in [3.8, 4) is 5.75 Å². The number of aromatic nitrogens is 3. The molecule has 0 fully saturated rings. The summed E-state index contributed by atoms with van der Waals surface area (Å²) in [7, 11) is 1.95. The monoisotopic (exact) mass is 260 g/mol. The van der Waals surface area contributed by atoms with Crippen molar-refractivity contribution in [2.45, 2.75) is 33.0 Å². The summed E-state index contributed by atoms with van der Waals surface area (Å²) in [5, 5.41) is 3.33. The van der Waals surface area contributed by atoms with Crippen LogP contribution in [0.3, 0.4) is 0 Å². The van der Waals surface area contributed by atoms with Gasteiger partial charge < -0.3 is 14.6 Å². The van der Waals surface area contributed by atoms with E-state index in [9.17, 15) is 0 Å². The number of imidazole rings is 1. The summed E-state index contributed by atoms with van der Waals surface area (Å²) < 4.78 is 7.58. The topological polar surface area (TPSA) is 52.0 Å². The molecule has 2 aromatic heterocycles. The van der Waals surface area contributed by atoms with E-state index in [4.69, 9.17) is 4.74 Å². The van der Waals surface area contributed by atoms with Crippen LogP contribution in [0.4, 0.5) is 0 Å². The predicted octanol–water partition coefficient (Wildman–Crippen LogP) is 1.89. The third kappa shape index (κ3) is 4.06. The van der Waals surface area contributed by atoms with Gasteiger partial charge in [-0.1, -0.05) is 13.8 Å². The van der Waals surface area contributed by atoms with E-state index in [0.29, 0.717) is 12.6 Å². The molecule has 0 saturated heterocycles. The molecule has 0 bridgehead atoms. The molecule has 0 radical (unpaired) electrons. The fraction of sp³-hybridized carbons (Fsp3) is 0.429. The highest BCUT2D eigenvalue weighted by molar-refractivity contribution is 5.20. The summed E-state index contributed by atoms with van der Waals surface area (Å²) in [5.74, 6) is 1.65. The molecule has 1 N–H and O–H groups in total. The zero-order valence-electron chi connectivity index (χ0n) is 11.6. The largest absolute Gasteiger partial charge is 0.484 e. The van der Waals surface area contributed by atoms with Crippen molar-refractivity contribution in [1.29, 1.82) is 0 Å². The van der Waals surface area contributed by atoms with Gasteiger partial charge in [0, 0.05) is 32.0 Å². The molecule has 0 aliphatic carbocycles. The van der Waals surface area contributed by atoms with Gasteiger partial charge in [0.25, 0.3) is 0 Å². The van der Waals surface area contributed by atoms with Crippen molar-refractivity contribution < 1.29 is 4.74 Å². The highest BCUT2D eigenvalue weighted by Gasteiger charge is 2.02. The smallest absolute Gasteiger partial charge is 0.146 e. The minimum atomic E-state index is 0.453. The number of nitrogens with one attached hydrogen (secondary N) is 1. The van der Waals surface area contributed by atoms with Crippen molar-refractivity contribution in [2.75, 3.05) is 0 Å². The first kappa shape index (κ1) is 13.5. The number of ether oxygens (including phenoxy) is 1. The number of hydrogen-bond acceptors (Lipinski definition) is 4. The average molecular weight is 260 g/mol. The van der Waals surface area contributed by atoms with E-state index < -0.39 is 0 Å². The minimum absolute atomic E-state index is 0.453. The molecular formula is C14H20N4O. The third-order valence-electron chi connectivity index (χ3n) is 2.78. The Bertz CT molecular complexity index is 504. The third-order valence-corrected chi connectivity index (χ3v) is 2.78. The Morgan fingerprint density at radius 2 is 2.16 bits per heavy atom. The van der Waals surface area contributed by atoms with Crippen LogP contribution in [0.2, 0.25) is 0 Å². The number of nitrogens with zero attached hydrogens (tertiary/aromatic N) is 3. The molecular weight excluding hydrogens is 240 g/mol. The number of rotatable bonds is 6. The van der Waals surface area contributed by atoms with Crippen molar-refractivity contribution >= 4 is 0 Å². The van der Waals surface area contributed by atoms with Crippen LogP contribution in [0.5, 0.6) is 5.75 Å². The summed E-state index contributed by atoms with van der Waals surface area (Å²) >= 11 is 0. The SMILES string of the molecule is CC(C)NCc1ccc(OCc2nccn2C)cn1. The molecule has 19 heavy (non-hydrogen) atoms. The molecule has 0 unspecified atom stereocenters. The lowest BCUT2D eigenvalue weighted by atomic mass is 10.3. The molecule has 0 atom stereocenters. The zero-order chi connectivity index (χ0) is 13.7. The van der Waals surface area contributed by atoms with Crippen LogP contribution in [0.1, 0.15) is 25.4 Å². The Morgan fingerprint density at radius 3 is 2.74 bits per heavy atom. The first-order valence-corrected chi connectivity index (χ1v) is 6.42. The summed E-state index contributed by atoms with van der Waals surface area (Å²) in [5.41, 5.74) is 1.01. The standard InChI is InChI=1S/C14H20N4O/c1-11(2)16-8-12-4-5-13(9-17-12)19-10-14-15-6-7-18(14)3/h4-7,9,11,16H,8,10H2,1-3H3. The van der Waals surface area contributed by atoms with Gasteiger partial charge >= 0.3 is 0 Å². The number of aryl methyl sites for hydroxylation is 1. The van der Waals surface area contributed by atoms with Gasteiger partial charge in [-0.05, 0) is 12.1 Å². The molecule has 2 aromatic rings. The van der Waals surface area contributed by atoms with Crippen LogP contribution in [0, 0.1) is 0 Å². The van der Waals surface area contributed by atoms with E-state index in [0.717, 1.165) is 23.8 Å². The summed E-state index contributed by atoms with van der Waals surface area (Å²) in [6, 6.07) is 4.37. The van der Waals surface area contributed by atoms with Crippen LogP contribution in [0.15, 0.2) is 30.7 Å². The van der Waals surface area contributed by atoms with Gasteiger partial charge in [-0.2, -0.15) is 0 Å². The van der Waals surface area contributed by atoms with E-state index in [1.54, 1.807) is 12.4 Å². The Hall–Kier alpha value is -1.88. The predicted molar refractivity (Wildman–Crippen MR) is 73.8 cm³/mol. The molecule has 2 heterocycles. The van der Waals surface area contributed by atoms with Crippen LogP contribution < -0.4 is 10.1 Å². The second-order valence-electron chi connectivity index (χ2n) is 4.76. The van der Waals surface area contributed by atoms with E-state index in [1.807, 2.05) is 29.9 Å². The molecule has 0 aliphatic rings. The van der Waals surface area contributed by atoms with Gasteiger partial charge in [-0.3, -0.25) is 4.98 Å². The fourth-order valence-electron chi connectivity index (χ4n) is 1.59. The Labute approximate surface area is 113 Å². The van der Waals surface area contributed by atoms with Gasteiger partial charge in [0.1, 0.15) is 18.2 Å². The van der Waals surface area contributed by atoms with Gasteiger partial charge in [-0.15, -0.1) is 0 Å². The van der Waals surface area contributed by atoms with Gasteiger partial charge in [0.05, 0.1) is 11.9 Å². The molecule has 0 spiro atoms. The van der Waals surface area contributed by atoms with E-state index in [2.05, 4.69) is 29.1 Å². The molecule has 0 aliphatic heterocycles. The first-order chi connectivity index (χ1) is 9.15. The van der Waals surface area contributed by atoms with Gasteiger partial charge in [0.2, 0.25) is 0 Å². The molecule has 2 rings (SSSR count). The van der Waals surface area contributed by atoms with Crippen LogP contribution >= 0.6 is 0 Å². The normalized spacial score (nSPS) is 10.9. The van der Waals surface area contributed by atoms with Crippen molar-refractivity contribution in [3.05, 3.63) is 42.2 Å². The summed E-state index contributed by atoms with van der Waals surface area (Å²) in [6.07, 6.45) is 5.41. The molecule has 0 aromatic carbocycles. The zero-order valence-corrected chi connectivity index (χ0v) is 11.6. The first-order valence-electron chi connectivity index (χ1n) is 6.42. The van der Waals surface area contributed by atoms with Gasteiger partial charge in [-0.25, -0.2) is 4.98 Å². The lowest BCUT2D eigenvalue weighted by Crippen LogP contribution is -2.22. The molecule has 0 saturated carbocycles. The Kier molecular flexibility index (Phi) is 4.52. The van der Waals surface area contributed by atoms with E-state index in [-0.39, 0.29) is 0 Å². The van der Waals surface area contributed by atoms with E-state index in [1.165, 1.54) is 0 Å². The molecule has 5 nitrogen and oxygen atoms in total. The van der Waals surface area contributed by atoms with Crippen molar-refractivity contribution in [3.63, 3.8) is 0 Å². The van der Waals surface area contributed by atoms with Crippen molar-refractivity contribution in [1.82, 2.24) is 19.9 Å². The fourth-order valence-corrected chi connectivity index (χ4v) is 1.59. The summed E-state index contributed by atoms with van der Waals surface area (Å²) in [4.78, 5) is 8.56. The maximum atomic E-state index is 5.65. The minimum Gasteiger partial charge on any atom is -0.484 e. The molecule has 102 valence electrons. The second-order valence-corrected chi connectivity index (χ2v) is 4.76. The number of hydrogen-bond donors (Lipinski definition) is 1. The average Bonchev–Trinajstić information content (AvgIpc) is 2.81. The second kappa shape index (κ2) is 6.33. The maximum Gasteiger partial charge on any atom is 0.146 e. The van der Waals surface area contributed by atoms with Crippen LogP contribution in [-0.4, -0.2) is 20.6 Å². The lowest BCUT2D eigenvalue weighted by molar-refractivity contribution is 0.290. The highest BCUT2D eigenvalue weighted by Crippen LogP contribution is 2.11. The van der Waals surface area contributed by atoms with Crippen LogP contribution in [-0.2, 0) is 20.2 Å². The van der Waals surface area contributed by atoms with Crippen LogP contribution in [0.25, 0.3) is 0 Å². The summed E-state index contributed by atoms with van der Waals surface area (Å²) in [6.45, 7) is 5.46. The Balaban J connectivity index is 1.86. The highest BCUT2D eigenvalue weighted by atomic mass is 16.5. The van der Waals surface area contributed by atoms with Crippen molar-refractivity contribution in [2.24, 2.45) is 7.05 Å². The maximum absolute atomic E-state index is 5.65. The molecule has 5 heteroatoms. The Morgan fingerprint density at radius 1 is 1.32 bits per heavy atom. The molecule has 0 amide bonds.